The molecule has 0 radical (unpaired) electrons. The molecule has 1 N–H and O–H groups in total. The highest BCUT2D eigenvalue weighted by Crippen LogP contribution is 2.39. The number of nitrogens with zero attached hydrogens (tertiary/aromatic N) is 5. The number of nitriles is 1. The molecule has 0 aliphatic carbocycles. The molecule has 0 unspecified atom stereocenters. The lowest BCUT2D eigenvalue weighted by molar-refractivity contribution is -0.0508. The van der Waals surface area contributed by atoms with Crippen LogP contribution in [0.4, 0.5) is 13.2 Å². The van der Waals surface area contributed by atoms with Crippen molar-refractivity contribution >= 4 is 50.0 Å². The fourth-order valence-electron chi connectivity index (χ4n) is 5.13. The molecule has 46 heavy (non-hydrogen) atoms. The Morgan fingerprint density at radius 3 is 2.74 bits per heavy atom. The first-order valence-electron chi connectivity index (χ1n) is 13.7. The van der Waals surface area contributed by atoms with E-state index in [9.17, 15) is 33.1 Å². The first-order chi connectivity index (χ1) is 22.0. The van der Waals surface area contributed by atoms with E-state index in [1.165, 1.54) is 38.4 Å². The van der Waals surface area contributed by atoms with Crippen molar-refractivity contribution < 1.29 is 32.5 Å². The number of aromatic nitrogens is 3. The minimum Gasteiger partial charge on any atom is -0.491 e. The number of ether oxygens (including phenoxy) is 2. The zero-order valence-corrected chi connectivity index (χ0v) is 26.0. The van der Waals surface area contributed by atoms with Gasteiger partial charge in [0.1, 0.15) is 42.2 Å². The standard InChI is InChI=1S/C31H25ClF3N5O5S/c1-16-38-23-11-17(14-39(2)8-6-33)27(45-31(34)35)21(13-36)25(23)29(41)40(16)9-10-44-24-4-3-18(32)12-20(24)19-5-7-37-26-22(30(42)43)15-46-28(19)26/h3-5,7,11-12,15,31H,6,8-10,14H2,1-2H3,(H,42,43). The molecule has 10 nitrogen and oxygen atoms in total. The van der Waals surface area contributed by atoms with Crippen molar-refractivity contribution in [3.63, 3.8) is 0 Å². The van der Waals surface area contributed by atoms with Crippen molar-refractivity contribution in [3.8, 4) is 28.7 Å². The number of hydrogen-bond donors (Lipinski definition) is 1. The number of carboxylic acids is 1. The summed E-state index contributed by atoms with van der Waals surface area (Å²) in [7, 11) is 1.58. The third-order valence-corrected chi connectivity index (χ3v) is 8.42. The van der Waals surface area contributed by atoms with Crippen LogP contribution in [0.5, 0.6) is 11.5 Å². The number of alkyl halides is 3. The number of fused-ring (bicyclic) bond motifs is 2. The van der Waals surface area contributed by atoms with E-state index >= 15 is 0 Å². The zero-order valence-electron chi connectivity index (χ0n) is 24.4. The van der Waals surface area contributed by atoms with Gasteiger partial charge in [0.2, 0.25) is 0 Å². The summed E-state index contributed by atoms with van der Waals surface area (Å²) in [4.78, 5) is 35.6. The molecule has 0 amide bonds. The average Bonchev–Trinajstić information content (AvgIpc) is 3.45. The van der Waals surface area contributed by atoms with Gasteiger partial charge in [-0.25, -0.2) is 14.2 Å². The van der Waals surface area contributed by atoms with Crippen LogP contribution in [0, 0.1) is 18.3 Å². The van der Waals surface area contributed by atoms with E-state index < -0.39 is 36.1 Å². The Morgan fingerprint density at radius 2 is 2.04 bits per heavy atom. The second-order valence-corrected chi connectivity index (χ2v) is 11.5. The van der Waals surface area contributed by atoms with Crippen LogP contribution in [-0.4, -0.2) is 64.0 Å². The molecule has 0 spiro atoms. The third-order valence-electron chi connectivity index (χ3n) is 7.18. The van der Waals surface area contributed by atoms with Crippen molar-refractivity contribution in [2.24, 2.45) is 0 Å². The Morgan fingerprint density at radius 1 is 1.26 bits per heavy atom. The highest BCUT2D eigenvalue weighted by molar-refractivity contribution is 7.18. The van der Waals surface area contributed by atoms with E-state index in [2.05, 4.69) is 9.97 Å². The van der Waals surface area contributed by atoms with Gasteiger partial charge >= 0.3 is 12.6 Å². The average molecular weight is 672 g/mol. The molecular weight excluding hydrogens is 647 g/mol. The molecule has 3 heterocycles. The van der Waals surface area contributed by atoms with Gasteiger partial charge in [0.05, 0.1) is 33.2 Å². The fraction of sp³-hybridized carbons (Fsp3) is 0.258. The first kappa shape index (κ1) is 32.7. The maximum Gasteiger partial charge on any atom is 0.387 e. The van der Waals surface area contributed by atoms with Gasteiger partial charge < -0.3 is 14.6 Å². The number of benzene rings is 2. The highest BCUT2D eigenvalue weighted by atomic mass is 35.5. The third kappa shape index (κ3) is 6.48. The number of pyridine rings is 1. The van der Waals surface area contributed by atoms with Crippen LogP contribution in [-0.2, 0) is 13.1 Å². The van der Waals surface area contributed by atoms with E-state index in [1.807, 2.05) is 6.07 Å². The molecule has 0 saturated heterocycles. The van der Waals surface area contributed by atoms with Crippen LogP contribution in [0.15, 0.2) is 46.7 Å². The molecule has 0 saturated carbocycles. The SMILES string of the molecule is Cc1nc2cc(CN(C)CCF)c(OC(F)F)c(C#N)c2c(=O)n1CCOc1ccc(Cl)cc1-c1ccnc2c(C(=O)O)csc12. The molecule has 5 rings (SSSR count). The molecule has 0 bridgehead atoms. The lowest BCUT2D eigenvalue weighted by atomic mass is 10.0. The molecule has 15 heteroatoms. The summed E-state index contributed by atoms with van der Waals surface area (Å²) in [6, 6.07) is 9.88. The maximum absolute atomic E-state index is 13.7. The van der Waals surface area contributed by atoms with Crippen LogP contribution in [0.25, 0.3) is 32.2 Å². The van der Waals surface area contributed by atoms with Crippen molar-refractivity contribution in [2.45, 2.75) is 26.6 Å². The van der Waals surface area contributed by atoms with Crippen LogP contribution in [0.1, 0.15) is 27.3 Å². The molecule has 238 valence electrons. The predicted molar refractivity (Wildman–Crippen MR) is 167 cm³/mol. The lowest BCUT2D eigenvalue weighted by Crippen LogP contribution is -2.28. The number of carboxylic acid groups (broad SMARTS) is 1. The monoisotopic (exact) mass is 671 g/mol. The normalized spacial score (nSPS) is 11.5. The second kappa shape index (κ2) is 13.7. The van der Waals surface area contributed by atoms with Gasteiger partial charge in [0.15, 0.2) is 0 Å². The highest BCUT2D eigenvalue weighted by Gasteiger charge is 2.24. The van der Waals surface area contributed by atoms with E-state index in [4.69, 9.17) is 21.1 Å². The summed E-state index contributed by atoms with van der Waals surface area (Å²) in [5, 5.41) is 21.2. The molecule has 0 aliphatic heterocycles. The van der Waals surface area contributed by atoms with Gasteiger partial charge in [-0.1, -0.05) is 11.6 Å². The van der Waals surface area contributed by atoms with Crippen molar-refractivity contribution in [1.29, 1.82) is 5.26 Å². The number of thiophene rings is 1. The second-order valence-electron chi connectivity index (χ2n) is 10.1. The Labute approximate surface area is 268 Å². The molecule has 2 aromatic carbocycles. The Hall–Kier alpha value is -4.71. The number of halogens is 4. The first-order valence-corrected chi connectivity index (χ1v) is 15.0. The number of carbonyl (C=O) groups is 1. The van der Waals surface area contributed by atoms with Gasteiger partial charge in [0, 0.05) is 46.4 Å². The topological polar surface area (TPSA) is 131 Å². The summed E-state index contributed by atoms with van der Waals surface area (Å²) >= 11 is 7.53. The Kier molecular flexibility index (Phi) is 9.76. The summed E-state index contributed by atoms with van der Waals surface area (Å²) in [5.41, 5.74) is 0.844. The van der Waals surface area contributed by atoms with Gasteiger partial charge in [0.25, 0.3) is 5.56 Å². The van der Waals surface area contributed by atoms with E-state index in [-0.39, 0.29) is 54.1 Å². The van der Waals surface area contributed by atoms with Crippen molar-refractivity contribution in [1.82, 2.24) is 19.4 Å². The number of aromatic carboxylic acids is 1. The summed E-state index contributed by atoms with van der Waals surface area (Å²) in [6.07, 6.45) is 1.49. The number of rotatable bonds is 12. The van der Waals surface area contributed by atoms with E-state index in [0.29, 0.717) is 32.1 Å². The lowest BCUT2D eigenvalue weighted by Gasteiger charge is -2.20. The van der Waals surface area contributed by atoms with E-state index in [0.717, 1.165) is 0 Å². The minimum atomic E-state index is -3.27. The van der Waals surface area contributed by atoms with Crippen LogP contribution in [0.3, 0.4) is 0 Å². The molecule has 0 atom stereocenters. The Balaban J connectivity index is 1.50. The largest absolute Gasteiger partial charge is 0.491 e. The summed E-state index contributed by atoms with van der Waals surface area (Å²) < 4.78 is 52.4. The quantitative estimate of drug-likeness (QED) is 0.163. The fourth-order valence-corrected chi connectivity index (χ4v) is 6.33. The molecule has 0 fully saturated rings. The van der Waals surface area contributed by atoms with Gasteiger partial charge in [-0.05, 0) is 44.3 Å². The van der Waals surface area contributed by atoms with Crippen LogP contribution < -0.4 is 15.0 Å². The van der Waals surface area contributed by atoms with Crippen LogP contribution >= 0.6 is 22.9 Å². The summed E-state index contributed by atoms with van der Waals surface area (Å²) in [6.45, 7) is -2.44. The van der Waals surface area contributed by atoms with Gasteiger partial charge in [-0.3, -0.25) is 19.2 Å². The maximum atomic E-state index is 13.7. The predicted octanol–water partition coefficient (Wildman–Crippen LogP) is 6.29. The van der Waals surface area contributed by atoms with Crippen LogP contribution in [0.2, 0.25) is 5.02 Å². The molecule has 3 aromatic heterocycles. The van der Waals surface area contributed by atoms with Gasteiger partial charge in [-0.15, -0.1) is 11.3 Å². The Bertz CT molecular complexity index is 2060. The van der Waals surface area contributed by atoms with Gasteiger partial charge in [-0.2, -0.15) is 14.0 Å². The molecule has 5 aromatic rings. The molecule has 0 aliphatic rings. The molecular formula is C31H25ClF3N5O5S. The van der Waals surface area contributed by atoms with Crippen molar-refractivity contribution in [2.75, 3.05) is 26.9 Å². The summed E-state index contributed by atoms with van der Waals surface area (Å²) in [5.74, 6) is -0.886. The van der Waals surface area contributed by atoms with Crippen molar-refractivity contribution in [3.05, 3.63) is 79.8 Å². The van der Waals surface area contributed by atoms with E-state index in [1.54, 1.807) is 38.2 Å². The smallest absolute Gasteiger partial charge is 0.387 e. The number of hydrogen-bond acceptors (Lipinski definition) is 9. The zero-order chi connectivity index (χ0) is 33.1. The number of aryl methyl sites for hydroxylation is 1. The minimum absolute atomic E-state index is 0.0140.